The maximum absolute atomic E-state index is 5.85. The molecule has 0 heterocycles. The lowest BCUT2D eigenvalue weighted by Gasteiger charge is -2.15. The summed E-state index contributed by atoms with van der Waals surface area (Å²) in [6, 6.07) is 0. The fourth-order valence-corrected chi connectivity index (χ4v) is 3.96. The van der Waals surface area contributed by atoms with Crippen LogP contribution in [0.25, 0.3) is 0 Å². The molecule has 0 aliphatic rings. The summed E-state index contributed by atoms with van der Waals surface area (Å²) >= 11 is 2.13. The first-order valence-electron chi connectivity index (χ1n) is 7.40. The van der Waals surface area contributed by atoms with Crippen LogP contribution in [0.2, 0.25) is 13.1 Å². The zero-order valence-electron chi connectivity index (χ0n) is 12.3. The Bertz CT molecular complexity index is 153. The van der Waals surface area contributed by atoms with Crippen LogP contribution in [-0.4, -0.2) is 26.6 Å². The second-order valence-electron chi connectivity index (χ2n) is 5.16. The summed E-state index contributed by atoms with van der Waals surface area (Å²) in [6.07, 6.45) is 10.1. The molecule has 104 valence electrons. The second kappa shape index (κ2) is 13.0. The molecule has 0 aromatic heterocycles. The van der Waals surface area contributed by atoms with Crippen LogP contribution in [0.3, 0.4) is 0 Å². The molecule has 0 spiro atoms. The number of unbranched alkanes of at least 4 members (excludes halogenated alkanes) is 4. The highest BCUT2D eigenvalue weighted by atomic mass is 32.2. The van der Waals surface area contributed by atoms with E-state index >= 15 is 0 Å². The molecule has 3 heteroatoms. The van der Waals surface area contributed by atoms with Crippen molar-refractivity contribution in [1.82, 2.24) is 0 Å². The maximum Gasteiger partial charge on any atom is 0.171 e. The summed E-state index contributed by atoms with van der Waals surface area (Å²) in [5, 5.41) is 0. The Morgan fingerprint density at radius 3 is 2.29 bits per heavy atom. The summed E-state index contributed by atoms with van der Waals surface area (Å²) < 4.78 is 5.85. The van der Waals surface area contributed by atoms with Crippen molar-refractivity contribution in [2.75, 3.05) is 11.5 Å². The van der Waals surface area contributed by atoms with Gasteiger partial charge in [0.25, 0.3) is 0 Å². The van der Waals surface area contributed by atoms with Gasteiger partial charge in [0.1, 0.15) is 0 Å². The maximum atomic E-state index is 5.85. The van der Waals surface area contributed by atoms with Crippen molar-refractivity contribution in [2.45, 2.75) is 78.0 Å². The van der Waals surface area contributed by atoms with E-state index in [0.717, 1.165) is 0 Å². The number of hydrogen-bond acceptors (Lipinski definition) is 2. The molecule has 1 unspecified atom stereocenters. The Morgan fingerprint density at radius 1 is 1.00 bits per heavy atom. The zero-order chi connectivity index (χ0) is 12.9. The molecule has 0 radical (unpaired) electrons. The predicted octanol–water partition coefficient (Wildman–Crippen LogP) is 4.86. The number of rotatable bonds is 12. The third-order valence-corrected chi connectivity index (χ3v) is 4.96. The van der Waals surface area contributed by atoms with Gasteiger partial charge >= 0.3 is 0 Å². The molecule has 0 fully saturated rings. The third-order valence-electron chi connectivity index (χ3n) is 2.80. The molecule has 1 atom stereocenters. The highest BCUT2D eigenvalue weighted by Crippen LogP contribution is 2.12. The van der Waals surface area contributed by atoms with Gasteiger partial charge < -0.3 is 4.43 Å². The van der Waals surface area contributed by atoms with E-state index in [0.29, 0.717) is 6.10 Å². The molecule has 0 saturated heterocycles. The lowest BCUT2D eigenvalue weighted by atomic mass is 10.2. The molecule has 0 aliphatic heterocycles. The molecule has 0 saturated carbocycles. The normalized spacial score (nSPS) is 13.2. The summed E-state index contributed by atoms with van der Waals surface area (Å²) in [5.41, 5.74) is 0. The number of thioether (sulfide) groups is 1. The topological polar surface area (TPSA) is 9.23 Å². The van der Waals surface area contributed by atoms with Crippen LogP contribution >= 0.6 is 11.8 Å². The monoisotopic (exact) mass is 276 g/mol. The van der Waals surface area contributed by atoms with Gasteiger partial charge in [-0.15, -0.1) is 0 Å². The molecular formula is C14H32OSSi. The summed E-state index contributed by atoms with van der Waals surface area (Å²) in [7, 11) is -0.817. The van der Waals surface area contributed by atoms with Crippen molar-refractivity contribution >= 4 is 20.8 Å². The van der Waals surface area contributed by atoms with Gasteiger partial charge in [-0.2, -0.15) is 11.8 Å². The lowest BCUT2D eigenvalue weighted by Crippen LogP contribution is -2.17. The molecule has 0 aromatic rings. The summed E-state index contributed by atoms with van der Waals surface area (Å²) in [5.74, 6) is 2.68. The molecule has 0 amide bonds. The molecule has 1 nitrogen and oxygen atoms in total. The van der Waals surface area contributed by atoms with Crippen molar-refractivity contribution in [3.05, 3.63) is 0 Å². The van der Waals surface area contributed by atoms with E-state index in [-0.39, 0.29) is 0 Å². The molecule has 17 heavy (non-hydrogen) atoms. The second-order valence-corrected chi connectivity index (χ2v) is 8.76. The highest BCUT2D eigenvalue weighted by Gasteiger charge is 2.04. The summed E-state index contributed by atoms with van der Waals surface area (Å²) in [6.45, 7) is 9.00. The van der Waals surface area contributed by atoms with Gasteiger partial charge in [-0.1, -0.05) is 32.6 Å². The Morgan fingerprint density at radius 2 is 1.65 bits per heavy atom. The summed E-state index contributed by atoms with van der Waals surface area (Å²) in [4.78, 5) is 0. The van der Waals surface area contributed by atoms with E-state index in [1.807, 2.05) is 0 Å². The largest absolute Gasteiger partial charge is 0.418 e. The fraction of sp³-hybridized carbons (Fsp3) is 1.00. The highest BCUT2D eigenvalue weighted by molar-refractivity contribution is 7.99. The Hall–Kier alpha value is 0.527. The van der Waals surface area contributed by atoms with Crippen LogP contribution in [0.1, 0.15) is 58.8 Å². The number of hydrogen-bond donors (Lipinski definition) is 0. The van der Waals surface area contributed by atoms with E-state index in [1.165, 1.54) is 56.5 Å². The van der Waals surface area contributed by atoms with Crippen LogP contribution in [0.15, 0.2) is 0 Å². The minimum Gasteiger partial charge on any atom is -0.418 e. The van der Waals surface area contributed by atoms with Crippen LogP contribution < -0.4 is 0 Å². The van der Waals surface area contributed by atoms with Crippen LogP contribution in [0.5, 0.6) is 0 Å². The van der Waals surface area contributed by atoms with Gasteiger partial charge in [0.2, 0.25) is 0 Å². The van der Waals surface area contributed by atoms with E-state index in [9.17, 15) is 0 Å². The van der Waals surface area contributed by atoms with E-state index in [2.05, 4.69) is 38.7 Å². The van der Waals surface area contributed by atoms with E-state index in [1.54, 1.807) is 0 Å². The van der Waals surface area contributed by atoms with Crippen molar-refractivity contribution in [3.8, 4) is 0 Å². The average molecular weight is 277 g/mol. The Balaban J connectivity index is 3.07. The average Bonchev–Trinajstić information content (AvgIpc) is 2.26. The minimum absolute atomic E-state index is 0.492. The third kappa shape index (κ3) is 14.5. The standard InChI is InChI=1S/C14H32OSSi/c1-5-6-7-8-9-12-16-13-10-11-14(2)15-17(3)4/h14,17H,5-13H2,1-4H3. The van der Waals surface area contributed by atoms with Gasteiger partial charge in [0, 0.05) is 6.10 Å². The van der Waals surface area contributed by atoms with Crippen molar-refractivity contribution in [3.63, 3.8) is 0 Å². The van der Waals surface area contributed by atoms with Gasteiger partial charge in [0.15, 0.2) is 9.04 Å². The van der Waals surface area contributed by atoms with Gasteiger partial charge in [-0.25, -0.2) is 0 Å². The van der Waals surface area contributed by atoms with Crippen molar-refractivity contribution in [2.24, 2.45) is 0 Å². The molecule has 0 rings (SSSR count). The Labute approximate surface area is 115 Å². The van der Waals surface area contributed by atoms with Gasteiger partial charge in [0.05, 0.1) is 0 Å². The first kappa shape index (κ1) is 17.5. The fourth-order valence-electron chi connectivity index (χ4n) is 1.92. The van der Waals surface area contributed by atoms with Crippen LogP contribution in [0.4, 0.5) is 0 Å². The quantitative estimate of drug-likeness (QED) is 0.372. The smallest absolute Gasteiger partial charge is 0.171 e. The van der Waals surface area contributed by atoms with E-state index in [4.69, 9.17) is 4.43 Å². The molecule has 0 bridgehead atoms. The minimum atomic E-state index is -0.817. The van der Waals surface area contributed by atoms with Gasteiger partial charge in [-0.05, 0) is 50.8 Å². The predicted molar refractivity (Wildman–Crippen MR) is 84.7 cm³/mol. The van der Waals surface area contributed by atoms with Crippen LogP contribution in [0, 0.1) is 0 Å². The molecule has 0 N–H and O–H groups in total. The zero-order valence-corrected chi connectivity index (χ0v) is 14.3. The molecule has 0 aromatic carbocycles. The first-order valence-corrected chi connectivity index (χ1v) is 11.3. The SMILES string of the molecule is CCCCCCCSCCCC(C)O[SiH](C)C. The van der Waals surface area contributed by atoms with E-state index < -0.39 is 9.04 Å². The molecular weight excluding hydrogens is 244 g/mol. The first-order chi connectivity index (χ1) is 8.16. The molecule has 0 aliphatic carbocycles. The Kier molecular flexibility index (Phi) is 13.4. The van der Waals surface area contributed by atoms with Crippen molar-refractivity contribution in [1.29, 1.82) is 0 Å². The van der Waals surface area contributed by atoms with Gasteiger partial charge in [-0.3, -0.25) is 0 Å². The van der Waals surface area contributed by atoms with Crippen molar-refractivity contribution < 1.29 is 4.43 Å². The van der Waals surface area contributed by atoms with Crippen LogP contribution in [-0.2, 0) is 4.43 Å². The lowest BCUT2D eigenvalue weighted by molar-refractivity contribution is 0.214.